The first-order chi connectivity index (χ1) is 7.20. The lowest BCUT2D eigenvalue weighted by Gasteiger charge is -2.13. The first kappa shape index (κ1) is 14.7. The lowest BCUT2D eigenvalue weighted by molar-refractivity contribution is 0.0599. The van der Waals surface area contributed by atoms with Gasteiger partial charge in [-0.05, 0) is 18.1 Å². The van der Waals surface area contributed by atoms with Crippen molar-refractivity contribution in [1.29, 1.82) is 0 Å². The Morgan fingerprint density at radius 2 is 2.19 bits per heavy atom. The van der Waals surface area contributed by atoms with Crippen molar-refractivity contribution < 1.29 is 9.53 Å². The van der Waals surface area contributed by atoms with E-state index in [1.807, 2.05) is 12.1 Å². The molecule has 1 rings (SSSR count). The quantitative estimate of drug-likeness (QED) is 0.651. The molecule has 0 aromatic heterocycles. The van der Waals surface area contributed by atoms with Gasteiger partial charge in [0, 0.05) is 6.04 Å². The molecular weight excluding hydrogens is 226 g/mol. The molecule has 2 N–H and O–H groups in total. The van der Waals surface area contributed by atoms with Crippen molar-refractivity contribution in [2.75, 3.05) is 7.11 Å². The third-order valence-corrected chi connectivity index (χ3v) is 2.19. The Labute approximate surface area is 102 Å². The second kappa shape index (κ2) is 7.04. The number of halogens is 1. The summed E-state index contributed by atoms with van der Waals surface area (Å²) >= 11 is 0. The Morgan fingerprint density at radius 1 is 1.56 bits per heavy atom. The summed E-state index contributed by atoms with van der Waals surface area (Å²) in [5, 5.41) is 0. The molecule has 1 atom stereocenters. The van der Waals surface area contributed by atoms with E-state index in [-0.39, 0.29) is 24.4 Å². The van der Waals surface area contributed by atoms with Gasteiger partial charge >= 0.3 is 5.97 Å². The number of esters is 1. The number of methoxy groups -OCH3 is 1. The molecule has 0 unspecified atom stereocenters. The molecule has 1 aromatic carbocycles. The van der Waals surface area contributed by atoms with Crippen LogP contribution in [0.25, 0.3) is 0 Å². The first-order valence-electron chi connectivity index (χ1n) is 4.74. The number of carbonyl (C=O) groups excluding carboxylic acids is 1. The molecule has 0 radical (unpaired) electrons. The molecule has 88 valence electrons. The molecule has 0 saturated heterocycles. The van der Waals surface area contributed by atoms with Crippen molar-refractivity contribution in [1.82, 2.24) is 0 Å². The van der Waals surface area contributed by atoms with E-state index in [1.54, 1.807) is 18.2 Å². The summed E-state index contributed by atoms with van der Waals surface area (Å²) in [5.41, 5.74) is 7.24. The fourth-order valence-corrected chi connectivity index (χ4v) is 1.42. The van der Waals surface area contributed by atoms with Gasteiger partial charge < -0.3 is 10.5 Å². The average molecular weight is 242 g/mol. The molecule has 0 saturated carbocycles. The van der Waals surface area contributed by atoms with Crippen molar-refractivity contribution >= 4 is 18.4 Å². The molecular formula is C12H16ClNO2. The maximum atomic E-state index is 11.4. The highest BCUT2D eigenvalue weighted by Crippen LogP contribution is 2.19. The highest BCUT2D eigenvalue weighted by molar-refractivity contribution is 5.91. The Hall–Kier alpha value is -1.32. The minimum absolute atomic E-state index is 0. The van der Waals surface area contributed by atoms with Gasteiger partial charge in [0.1, 0.15) is 0 Å². The van der Waals surface area contributed by atoms with Crippen LogP contribution < -0.4 is 5.73 Å². The van der Waals surface area contributed by atoms with Gasteiger partial charge in [-0.2, -0.15) is 0 Å². The number of nitrogens with two attached hydrogens (primary N) is 1. The Balaban J connectivity index is 0.00000225. The number of rotatable bonds is 4. The second-order valence-corrected chi connectivity index (χ2v) is 3.21. The van der Waals surface area contributed by atoms with Crippen LogP contribution in [0.5, 0.6) is 0 Å². The molecule has 0 heterocycles. The van der Waals surface area contributed by atoms with Crippen LogP contribution in [0, 0.1) is 0 Å². The van der Waals surface area contributed by atoms with Gasteiger partial charge in [-0.1, -0.05) is 24.3 Å². The zero-order valence-corrected chi connectivity index (χ0v) is 10.00. The molecule has 4 heteroatoms. The van der Waals surface area contributed by atoms with E-state index >= 15 is 0 Å². The summed E-state index contributed by atoms with van der Waals surface area (Å²) in [6.07, 6.45) is 2.37. The number of hydrogen-bond donors (Lipinski definition) is 1. The van der Waals surface area contributed by atoms with Crippen molar-refractivity contribution in [3.05, 3.63) is 48.0 Å². The maximum absolute atomic E-state index is 11.4. The lowest BCUT2D eigenvalue weighted by atomic mass is 9.99. The van der Waals surface area contributed by atoms with E-state index in [2.05, 4.69) is 11.3 Å². The van der Waals surface area contributed by atoms with Crippen molar-refractivity contribution in [2.45, 2.75) is 12.5 Å². The topological polar surface area (TPSA) is 52.3 Å². The van der Waals surface area contributed by atoms with Gasteiger partial charge in [0.25, 0.3) is 0 Å². The molecule has 0 amide bonds. The fourth-order valence-electron chi connectivity index (χ4n) is 1.42. The first-order valence-corrected chi connectivity index (χ1v) is 4.74. The van der Waals surface area contributed by atoms with Gasteiger partial charge in [-0.3, -0.25) is 0 Å². The summed E-state index contributed by atoms with van der Waals surface area (Å²) in [5.74, 6) is -0.356. The molecule has 0 aliphatic carbocycles. The van der Waals surface area contributed by atoms with E-state index < -0.39 is 0 Å². The van der Waals surface area contributed by atoms with Crippen LogP contribution >= 0.6 is 12.4 Å². The highest BCUT2D eigenvalue weighted by atomic mass is 35.5. The lowest BCUT2D eigenvalue weighted by Crippen LogP contribution is -2.15. The number of hydrogen-bond acceptors (Lipinski definition) is 3. The Morgan fingerprint density at radius 3 is 2.75 bits per heavy atom. The number of ether oxygens (including phenoxy) is 1. The van der Waals surface area contributed by atoms with Crippen molar-refractivity contribution in [3.63, 3.8) is 0 Å². The largest absolute Gasteiger partial charge is 0.465 e. The van der Waals surface area contributed by atoms with E-state index in [0.717, 1.165) is 5.56 Å². The Bertz CT molecular complexity index is 366. The van der Waals surface area contributed by atoms with Gasteiger partial charge in [0.05, 0.1) is 12.7 Å². The predicted octanol–water partition coefficient (Wildman–Crippen LogP) is 2.47. The second-order valence-electron chi connectivity index (χ2n) is 3.21. The molecule has 0 fully saturated rings. The van der Waals surface area contributed by atoms with Crippen LogP contribution in [-0.2, 0) is 4.74 Å². The van der Waals surface area contributed by atoms with Crippen LogP contribution in [0.2, 0.25) is 0 Å². The average Bonchev–Trinajstić information content (AvgIpc) is 2.28. The van der Waals surface area contributed by atoms with Crippen LogP contribution in [0.4, 0.5) is 0 Å². The van der Waals surface area contributed by atoms with Crippen molar-refractivity contribution in [3.8, 4) is 0 Å². The highest BCUT2D eigenvalue weighted by Gasteiger charge is 2.14. The Kier molecular flexibility index (Phi) is 6.46. The molecule has 3 nitrogen and oxygen atoms in total. The van der Waals surface area contributed by atoms with Crippen molar-refractivity contribution in [2.24, 2.45) is 5.73 Å². The van der Waals surface area contributed by atoms with Crippen LogP contribution in [0.15, 0.2) is 36.9 Å². The van der Waals surface area contributed by atoms with E-state index in [1.165, 1.54) is 7.11 Å². The monoisotopic (exact) mass is 241 g/mol. The van der Waals surface area contributed by atoms with Gasteiger partial charge in [0.2, 0.25) is 0 Å². The smallest absolute Gasteiger partial charge is 0.338 e. The SMILES string of the molecule is C=CC[C@H](N)c1ccccc1C(=O)OC.Cl. The van der Waals surface area contributed by atoms with Crippen LogP contribution in [0.3, 0.4) is 0 Å². The summed E-state index contributed by atoms with van der Waals surface area (Å²) in [6, 6.07) is 6.98. The predicted molar refractivity (Wildman–Crippen MR) is 66.8 cm³/mol. The fraction of sp³-hybridized carbons (Fsp3) is 0.250. The molecule has 0 aliphatic heterocycles. The van der Waals surface area contributed by atoms with Gasteiger partial charge in [-0.15, -0.1) is 19.0 Å². The molecule has 0 aliphatic rings. The zero-order chi connectivity index (χ0) is 11.3. The minimum Gasteiger partial charge on any atom is -0.465 e. The normalized spacial score (nSPS) is 11.1. The summed E-state index contributed by atoms with van der Waals surface area (Å²) < 4.78 is 4.68. The summed E-state index contributed by atoms with van der Waals surface area (Å²) in [6.45, 7) is 3.62. The molecule has 1 aromatic rings. The number of carbonyl (C=O) groups is 1. The van der Waals surface area contributed by atoms with E-state index in [4.69, 9.17) is 5.73 Å². The third kappa shape index (κ3) is 3.36. The van der Waals surface area contributed by atoms with Crippen LogP contribution in [-0.4, -0.2) is 13.1 Å². The molecule has 0 spiro atoms. The summed E-state index contributed by atoms with van der Waals surface area (Å²) in [7, 11) is 1.36. The standard InChI is InChI=1S/C12H15NO2.ClH/c1-3-6-11(13)9-7-4-5-8-10(9)12(14)15-2;/h3-5,7-8,11H,1,6,13H2,2H3;1H/t11-;/m0./s1. The molecule has 16 heavy (non-hydrogen) atoms. The van der Waals surface area contributed by atoms with E-state index in [0.29, 0.717) is 12.0 Å². The third-order valence-electron chi connectivity index (χ3n) is 2.19. The zero-order valence-electron chi connectivity index (χ0n) is 9.18. The van der Waals surface area contributed by atoms with Gasteiger partial charge in [-0.25, -0.2) is 4.79 Å². The van der Waals surface area contributed by atoms with Gasteiger partial charge in [0.15, 0.2) is 0 Å². The summed E-state index contributed by atoms with van der Waals surface area (Å²) in [4.78, 5) is 11.4. The minimum atomic E-state index is -0.356. The maximum Gasteiger partial charge on any atom is 0.338 e. The van der Waals surface area contributed by atoms with E-state index in [9.17, 15) is 4.79 Å². The van der Waals surface area contributed by atoms with Crippen LogP contribution in [0.1, 0.15) is 28.4 Å². The number of benzene rings is 1. The molecule has 0 bridgehead atoms.